The van der Waals surface area contributed by atoms with E-state index in [0.29, 0.717) is 22.8 Å². The van der Waals surface area contributed by atoms with E-state index < -0.39 is 5.97 Å². The summed E-state index contributed by atoms with van der Waals surface area (Å²) in [5.41, 5.74) is 1.52. The van der Waals surface area contributed by atoms with Gasteiger partial charge in [0, 0.05) is 28.8 Å². The number of benzene rings is 1. The Balaban J connectivity index is 2.16. The predicted molar refractivity (Wildman–Crippen MR) is 91.8 cm³/mol. The summed E-state index contributed by atoms with van der Waals surface area (Å²) >= 11 is 3.42. The number of Topliss-reactive ketones (excluding diaryl/α,β-unsaturated/α-hetero) is 1. The van der Waals surface area contributed by atoms with Crippen molar-refractivity contribution >= 4 is 27.7 Å². The molecule has 1 aromatic heterocycles. The van der Waals surface area contributed by atoms with Crippen molar-refractivity contribution in [2.75, 3.05) is 14.2 Å². The number of carbonyl (C=O) groups excluding carboxylic acids is 2. The number of esters is 1. The summed E-state index contributed by atoms with van der Waals surface area (Å²) in [6.07, 6.45) is 1.60. The van der Waals surface area contributed by atoms with Gasteiger partial charge >= 0.3 is 5.97 Å². The maximum absolute atomic E-state index is 12.2. The molecule has 2 rings (SSSR count). The molecule has 0 aliphatic rings. The molecule has 1 heterocycles. The van der Waals surface area contributed by atoms with Crippen LogP contribution >= 0.6 is 15.9 Å². The van der Waals surface area contributed by atoms with Gasteiger partial charge in [0.05, 0.1) is 14.2 Å². The molecule has 2 aromatic rings. The van der Waals surface area contributed by atoms with Crippen molar-refractivity contribution in [1.29, 1.82) is 0 Å². The fourth-order valence-corrected chi connectivity index (χ4v) is 2.62. The number of ether oxygens (including phenoxy) is 3. The highest BCUT2D eigenvalue weighted by Crippen LogP contribution is 2.33. The SMILES string of the molecule is COc1cc(Br)c(COC(=O)c2cc(C(C)=O)cn2C)cc1OC. The van der Waals surface area contributed by atoms with Crippen LogP contribution in [0.2, 0.25) is 0 Å². The van der Waals surface area contributed by atoms with Crippen LogP contribution in [0.15, 0.2) is 28.9 Å². The Labute approximate surface area is 148 Å². The molecule has 0 atom stereocenters. The molecule has 0 radical (unpaired) electrons. The number of aryl methyl sites for hydroxylation is 1. The topological polar surface area (TPSA) is 66.8 Å². The Morgan fingerprint density at radius 1 is 1.12 bits per heavy atom. The first-order valence-corrected chi connectivity index (χ1v) is 7.91. The second-order valence-electron chi connectivity index (χ2n) is 5.16. The molecule has 0 spiro atoms. The largest absolute Gasteiger partial charge is 0.493 e. The van der Waals surface area contributed by atoms with Crippen molar-refractivity contribution in [2.45, 2.75) is 13.5 Å². The van der Waals surface area contributed by atoms with Gasteiger partial charge in [-0.25, -0.2) is 4.79 Å². The van der Waals surface area contributed by atoms with Crippen molar-refractivity contribution in [3.63, 3.8) is 0 Å². The van der Waals surface area contributed by atoms with Crippen LogP contribution in [0.25, 0.3) is 0 Å². The van der Waals surface area contributed by atoms with Gasteiger partial charge in [-0.15, -0.1) is 0 Å². The Kier molecular flexibility index (Phi) is 5.66. The smallest absolute Gasteiger partial charge is 0.355 e. The van der Waals surface area contributed by atoms with E-state index in [9.17, 15) is 9.59 Å². The number of carbonyl (C=O) groups is 2. The van der Waals surface area contributed by atoms with E-state index in [1.807, 2.05) is 0 Å². The van der Waals surface area contributed by atoms with Crippen LogP contribution < -0.4 is 9.47 Å². The minimum atomic E-state index is -0.508. The normalized spacial score (nSPS) is 10.4. The van der Waals surface area contributed by atoms with Crippen molar-refractivity contribution in [3.8, 4) is 11.5 Å². The number of rotatable bonds is 6. The van der Waals surface area contributed by atoms with E-state index in [1.165, 1.54) is 20.1 Å². The molecule has 7 heteroatoms. The molecule has 0 saturated carbocycles. The van der Waals surface area contributed by atoms with Crippen LogP contribution in [0.5, 0.6) is 11.5 Å². The Morgan fingerprint density at radius 3 is 2.29 bits per heavy atom. The average molecular weight is 396 g/mol. The zero-order valence-corrected chi connectivity index (χ0v) is 15.5. The second-order valence-corrected chi connectivity index (χ2v) is 6.01. The molecule has 0 unspecified atom stereocenters. The molecule has 6 nitrogen and oxygen atoms in total. The summed E-state index contributed by atoms with van der Waals surface area (Å²) in [5, 5.41) is 0. The molecule has 24 heavy (non-hydrogen) atoms. The fourth-order valence-electron chi connectivity index (χ4n) is 2.18. The zero-order chi connectivity index (χ0) is 17.9. The van der Waals surface area contributed by atoms with E-state index >= 15 is 0 Å². The molecular formula is C17H18BrNO5. The van der Waals surface area contributed by atoms with E-state index in [1.54, 1.807) is 37.1 Å². The van der Waals surface area contributed by atoms with Gasteiger partial charge in [0.2, 0.25) is 0 Å². The summed E-state index contributed by atoms with van der Waals surface area (Å²) in [6, 6.07) is 5.01. The molecule has 0 aliphatic heterocycles. The lowest BCUT2D eigenvalue weighted by molar-refractivity contribution is 0.0460. The first kappa shape index (κ1) is 18.1. The molecule has 0 saturated heterocycles. The van der Waals surface area contributed by atoms with Crippen LogP contribution in [0, 0.1) is 0 Å². The minimum absolute atomic E-state index is 0.0559. The van der Waals surface area contributed by atoms with Gasteiger partial charge in [-0.3, -0.25) is 4.79 Å². The summed E-state index contributed by atoms with van der Waals surface area (Å²) < 4.78 is 18.1. The lowest BCUT2D eigenvalue weighted by atomic mass is 10.2. The fraction of sp³-hybridized carbons (Fsp3) is 0.294. The monoisotopic (exact) mass is 395 g/mol. The highest BCUT2D eigenvalue weighted by Gasteiger charge is 2.17. The van der Waals surface area contributed by atoms with Crippen molar-refractivity contribution < 1.29 is 23.8 Å². The standard InChI is InChI=1S/C17H18BrNO5/c1-10(20)11-5-14(19(2)8-11)17(21)24-9-12-6-15(22-3)16(23-4)7-13(12)18/h5-8H,9H2,1-4H3. The third kappa shape index (κ3) is 3.79. The van der Waals surface area contributed by atoms with E-state index in [2.05, 4.69) is 15.9 Å². The Bertz CT molecular complexity index is 782. The quantitative estimate of drug-likeness (QED) is 0.554. The zero-order valence-electron chi connectivity index (χ0n) is 13.9. The molecular weight excluding hydrogens is 378 g/mol. The maximum Gasteiger partial charge on any atom is 0.355 e. The molecule has 0 bridgehead atoms. The molecule has 0 fully saturated rings. The van der Waals surface area contributed by atoms with Crippen LogP contribution in [0.4, 0.5) is 0 Å². The van der Waals surface area contributed by atoms with Gasteiger partial charge in [0.15, 0.2) is 17.3 Å². The van der Waals surface area contributed by atoms with Gasteiger partial charge < -0.3 is 18.8 Å². The van der Waals surface area contributed by atoms with Crippen LogP contribution in [-0.4, -0.2) is 30.5 Å². The number of hydrogen-bond donors (Lipinski definition) is 0. The highest BCUT2D eigenvalue weighted by atomic mass is 79.9. The number of nitrogens with zero attached hydrogens (tertiary/aromatic N) is 1. The van der Waals surface area contributed by atoms with E-state index in [-0.39, 0.29) is 12.4 Å². The first-order valence-electron chi connectivity index (χ1n) is 7.12. The number of ketones is 1. The van der Waals surface area contributed by atoms with Gasteiger partial charge in [0.25, 0.3) is 0 Å². The summed E-state index contributed by atoms with van der Waals surface area (Å²) in [6.45, 7) is 1.51. The third-order valence-electron chi connectivity index (χ3n) is 3.53. The Morgan fingerprint density at radius 2 is 1.75 bits per heavy atom. The number of hydrogen-bond acceptors (Lipinski definition) is 5. The number of aromatic nitrogens is 1. The van der Waals surface area contributed by atoms with Crippen LogP contribution in [-0.2, 0) is 18.4 Å². The van der Waals surface area contributed by atoms with E-state index in [4.69, 9.17) is 14.2 Å². The molecule has 0 N–H and O–H groups in total. The summed E-state index contributed by atoms with van der Waals surface area (Å²) in [7, 11) is 4.77. The summed E-state index contributed by atoms with van der Waals surface area (Å²) in [4.78, 5) is 23.6. The highest BCUT2D eigenvalue weighted by molar-refractivity contribution is 9.10. The minimum Gasteiger partial charge on any atom is -0.493 e. The lowest BCUT2D eigenvalue weighted by Crippen LogP contribution is -2.10. The van der Waals surface area contributed by atoms with Gasteiger partial charge in [-0.05, 0) is 25.1 Å². The molecule has 1 aromatic carbocycles. The van der Waals surface area contributed by atoms with Gasteiger partial charge in [-0.2, -0.15) is 0 Å². The average Bonchev–Trinajstić information content (AvgIpc) is 2.95. The van der Waals surface area contributed by atoms with Crippen molar-refractivity contribution in [3.05, 3.63) is 45.7 Å². The summed E-state index contributed by atoms with van der Waals surface area (Å²) in [5.74, 6) is 0.511. The molecule has 0 amide bonds. The van der Waals surface area contributed by atoms with Gasteiger partial charge in [-0.1, -0.05) is 15.9 Å². The van der Waals surface area contributed by atoms with Crippen LogP contribution in [0.3, 0.4) is 0 Å². The van der Waals surface area contributed by atoms with Crippen molar-refractivity contribution in [1.82, 2.24) is 4.57 Å². The van der Waals surface area contributed by atoms with Crippen molar-refractivity contribution in [2.24, 2.45) is 7.05 Å². The Hall–Kier alpha value is -2.28. The van der Waals surface area contributed by atoms with Crippen LogP contribution in [0.1, 0.15) is 33.3 Å². The number of methoxy groups -OCH3 is 2. The maximum atomic E-state index is 12.2. The molecule has 128 valence electrons. The molecule has 0 aliphatic carbocycles. The lowest BCUT2D eigenvalue weighted by Gasteiger charge is -2.12. The van der Waals surface area contributed by atoms with Gasteiger partial charge in [0.1, 0.15) is 12.3 Å². The first-order chi connectivity index (χ1) is 11.4. The second kappa shape index (κ2) is 7.53. The van der Waals surface area contributed by atoms with E-state index in [0.717, 1.165) is 10.0 Å². The number of halogens is 1. The predicted octanol–water partition coefficient (Wildman–Crippen LogP) is 3.36. The third-order valence-corrected chi connectivity index (χ3v) is 4.27.